The number of nitrogens with one attached hydrogen (secondary N) is 1. The molecule has 0 heterocycles. The van der Waals surface area contributed by atoms with Crippen molar-refractivity contribution in [1.29, 1.82) is 0 Å². The van der Waals surface area contributed by atoms with Crippen LogP contribution in [-0.2, 0) is 10.0 Å². The van der Waals surface area contributed by atoms with E-state index < -0.39 is 10.0 Å². The molecule has 0 amide bonds. The van der Waals surface area contributed by atoms with Gasteiger partial charge in [-0.3, -0.25) is 4.72 Å². The number of nitrogens with two attached hydrogens (primary N) is 1. The van der Waals surface area contributed by atoms with E-state index in [1.807, 2.05) is 6.07 Å². The Balaban J connectivity index is 3.04. The molecule has 5 heteroatoms. The number of anilines is 2. The lowest BCUT2D eigenvalue weighted by molar-refractivity contribution is 0.607. The summed E-state index contributed by atoms with van der Waals surface area (Å²) >= 11 is 0. The molecule has 0 atom stereocenters. The second-order valence-electron chi connectivity index (χ2n) is 3.88. The van der Waals surface area contributed by atoms with Crippen LogP contribution >= 0.6 is 0 Å². The summed E-state index contributed by atoms with van der Waals surface area (Å²) in [6.07, 6.45) is 1.10. The standard InChI is InChI=1S/C10H16N2O2S/c1-7(2)8-4-5-10(9(11)6-8)12-15(3,13)14/h4-7,12H,11H2,1-3H3. The lowest BCUT2D eigenvalue weighted by Gasteiger charge is -2.11. The summed E-state index contributed by atoms with van der Waals surface area (Å²) in [6.45, 7) is 4.11. The van der Waals surface area contributed by atoms with Crippen LogP contribution in [0.2, 0.25) is 0 Å². The molecule has 0 aliphatic heterocycles. The number of hydrogen-bond acceptors (Lipinski definition) is 3. The molecule has 0 fully saturated rings. The molecule has 1 aromatic rings. The van der Waals surface area contributed by atoms with Crippen molar-refractivity contribution >= 4 is 21.4 Å². The minimum absolute atomic E-state index is 0.375. The quantitative estimate of drug-likeness (QED) is 0.774. The van der Waals surface area contributed by atoms with Crippen LogP contribution in [0.25, 0.3) is 0 Å². The summed E-state index contributed by atoms with van der Waals surface area (Å²) in [4.78, 5) is 0. The van der Waals surface area contributed by atoms with Crippen molar-refractivity contribution in [3.8, 4) is 0 Å². The second-order valence-corrected chi connectivity index (χ2v) is 5.62. The van der Waals surface area contributed by atoms with Gasteiger partial charge in [0.1, 0.15) is 0 Å². The third-order valence-corrected chi connectivity index (χ3v) is 2.63. The zero-order valence-corrected chi connectivity index (χ0v) is 9.93. The van der Waals surface area contributed by atoms with E-state index in [0.29, 0.717) is 17.3 Å². The first-order valence-corrected chi connectivity index (χ1v) is 6.56. The molecule has 0 radical (unpaired) electrons. The monoisotopic (exact) mass is 228 g/mol. The number of sulfonamides is 1. The highest BCUT2D eigenvalue weighted by Crippen LogP contribution is 2.24. The first-order chi connectivity index (χ1) is 6.79. The molecule has 4 nitrogen and oxygen atoms in total. The highest BCUT2D eigenvalue weighted by molar-refractivity contribution is 7.92. The lowest BCUT2D eigenvalue weighted by Crippen LogP contribution is -2.11. The number of benzene rings is 1. The maximum absolute atomic E-state index is 11.0. The van der Waals surface area contributed by atoms with E-state index in [1.54, 1.807) is 12.1 Å². The highest BCUT2D eigenvalue weighted by Gasteiger charge is 2.07. The van der Waals surface area contributed by atoms with Crippen LogP contribution in [0, 0.1) is 0 Å². The third kappa shape index (κ3) is 3.43. The van der Waals surface area contributed by atoms with Gasteiger partial charge in [0.05, 0.1) is 17.6 Å². The molecule has 0 saturated carbocycles. The van der Waals surface area contributed by atoms with Crippen molar-refractivity contribution in [1.82, 2.24) is 0 Å². The Morgan fingerprint density at radius 2 is 1.93 bits per heavy atom. The van der Waals surface area contributed by atoms with E-state index in [-0.39, 0.29) is 0 Å². The van der Waals surface area contributed by atoms with Gasteiger partial charge >= 0.3 is 0 Å². The summed E-state index contributed by atoms with van der Waals surface area (Å²) in [7, 11) is -3.26. The number of nitrogen functional groups attached to an aromatic ring is 1. The minimum Gasteiger partial charge on any atom is -0.397 e. The van der Waals surface area contributed by atoms with Gasteiger partial charge < -0.3 is 5.73 Å². The van der Waals surface area contributed by atoms with Gasteiger partial charge in [0, 0.05) is 0 Å². The zero-order chi connectivity index (χ0) is 11.6. The Labute approximate surface area is 90.5 Å². The predicted molar refractivity (Wildman–Crippen MR) is 63.4 cm³/mol. The SMILES string of the molecule is CC(C)c1ccc(NS(C)(=O)=O)c(N)c1. The van der Waals surface area contributed by atoms with E-state index in [0.717, 1.165) is 11.8 Å². The lowest BCUT2D eigenvalue weighted by atomic mass is 10.0. The zero-order valence-electron chi connectivity index (χ0n) is 9.11. The first kappa shape index (κ1) is 11.8. The number of hydrogen-bond donors (Lipinski definition) is 2. The van der Waals surface area contributed by atoms with Gasteiger partial charge in [-0.1, -0.05) is 19.9 Å². The molecule has 0 unspecified atom stereocenters. The predicted octanol–water partition coefficient (Wildman–Crippen LogP) is 1.76. The Bertz CT molecular complexity index is 452. The van der Waals surface area contributed by atoms with Crippen LogP contribution in [0.15, 0.2) is 18.2 Å². The molecular weight excluding hydrogens is 212 g/mol. The Morgan fingerprint density at radius 1 is 1.33 bits per heavy atom. The van der Waals surface area contributed by atoms with Gasteiger partial charge in [-0.05, 0) is 23.6 Å². The van der Waals surface area contributed by atoms with Crippen molar-refractivity contribution in [3.05, 3.63) is 23.8 Å². The Kier molecular flexibility index (Phi) is 3.24. The molecule has 0 aliphatic rings. The van der Waals surface area contributed by atoms with Gasteiger partial charge in [0.25, 0.3) is 0 Å². The van der Waals surface area contributed by atoms with Gasteiger partial charge in [-0.25, -0.2) is 8.42 Å². The van der Waals surface area contributed by atoms with Crippen molar-refractivity contribution < 1.29 is 8.42 Å². The van der Waals surface area contributed by atoms with Gasteiger partial charge in [0.2, 0.25) is 10.0 Å². The highest BCUT2D eigenvalue weighted by atomic mass is 32.2. The van der Waals surface area contributed by atoms with E-state index in [9.17, 15) is 8.42 Å². The van der Waals surface area contributed by atoms with Crippen LogP contribution in [0.1, 0.15) is 25.3 Å². The topological polar surface area (TPSA) is 72.2 Å². The fourth-order valence-electron chi connectivity index (χ4n) is 1.23. The second kappa shape index (κ2) is 4.10. The first-order valence-electron chi connectivity index (χ1n) is 4.67. The molecule has 0 aromatic heterocycles. The molecule has 84 valence electrons. The summed E-state index contributed by atoms with van der Waals surface area (Å²) in [5, 5.41) is 0. The fourth-order valence-corrected chi connectivity index (χ4v) is 1.82. The molecule has 1 aromatic carbocycles. The molecule has 1 rings (SSSR count). The van der Waals surface area contributed by atoms with Crippen LogP contribution in [0.4, 0.5) is 11.4 Å². The molecular formula is C10H16N2O2S. The average Bonchev–Trinajstić information content (AvgIpc) is 2.05. The molecule has 0 bridgehead atoms. The van der Waals surface area contributed by atoms with Crippen molar-refractivity contribution in [2.24, 2.45) is 0 Å². The fraction of sp³-hybridized carbons (Fsp3) is 0.400. The van der Waals surface area contributed by atoms with E-state index in [4.69, 9.17) is 5.73 Å². The van der Waals surface area contributed by atoms with Crippen molar-refractivity contribution in [2.75, 3.05) is 16.7 Å². The van der Waals surface area contributed by atoms with E-state index in [2.05, 4.69) is 18.6 Å². The van der Waals surface area contributed by atoms with E-state index >= 15 is 0 Å². The summed E-state index contributed by atoms with van der Waals surface area (Å²) < 4.78 is 24.4. The molecule has 0 aliphatic carbocycles. The number of rotatable bonds is 3. The van der Waals surface area contributed by atoms with Crippen molar-refractivity contribution in [3.63, 3.8) is 0 Å². The normalized spacial score (nSPS) is 11.7. The van der Waals surface area contributed by atoms with Gasteiger partial charge in [-0.2, -0.15) is 0 Å². The molecule has 0 spiro atoms. The minimum atomic E-state index is -3.26. The van der Waals surface area contributed by atoms with Crippen LogP contribution in [-0.4, -0.2) is 14.7 Å². The van der Waals surface area contributed by atoms with Crippen LogP contribution in [0.5, 0.6) is 0 Å². The maximum atomic E-state index is 11.0. The molecule has 15 heavy (non-hydrogen) atoms. The van der Waals surface area contributed by atoms with Gasteiger partial charge in [0.15, 0.2) is 0 Å². The van der Waals surface area contributed by atoms with Crippen LogP contribution < -0.4 is 10.5 Å². The molecule has 3 N–H and O–H groups in total. The Hall–Kier alpha value is -1.23. The largest absolute Gasteiger partial charge is 0.397 e. The molecule has 0 saturated heterocycles. The van der Waals surface area contributed by atoms with Crippen LogP contribution in [0.3, 0.4) is 0 Å². The summed E-state index contributed by atoms with van der Waals surface area (Å²) in [5.74, 6) is 0.375. The third-order valence-electron chi connectivity index (χ3n) is 2.04. The summed E-state index contributed by atoms with van der Waals surface area (Å²) in [6, 6.07) is 5.35. The Morgan fingerprint density at radius 3 is 2.33 bits per heavy atom. The average molecular weight is 228 g/mol. The van der Waals surface area contributed by atoms with E-state index in [1.165, 1.54) is 0 Å². The van der Waals surface area contributed by atoms with Gasteiger partial charge in [-0.15, -0.1) is 0 Å². The van der Waals surface area contributed by atoms with Crippen molar-refractivity contribution in [2.45, 2.75) is 19.8 Å². The maximum Gasteiger partial charge on any atom is 0.229 e. The summed E-state index contributed by atoms with van der Waals surface area (Å²) in [5.41, 5.74) is 7.71. The smallest absolute Gasteiger partial charge is 0.229 e.